The van der Waals surface area contributed by atoms with Gasteiger partial charge in [0.2, 0.25) is 11.8 Å². The van der Waals surface area contributed by atoms with Gasteiger partial charge in [-0.1, -0.05) is 5.16 Å². The Hall–Kier alpha value is -3.66. The highest BCUT2D eigenvalue weighted by molar-refractivity contribution is 5.91. The maximum Gasteiger partial charge on any atom is 0.237 e. The quantitative estimate of drug-likeness (QED) is 0.691. The van der Waals surface area contributed by atoms with Crippen molar-refractivity contribution in [3.8, 4) is 17.7 Å². The molecule has 2 aromatic heterocycles. The van der Waals surface area contributed by atoms with Crippen molar-refractivity contribution in [2.24, 2.45) is 0 Å². The molecule has 0 aliphatic heterocycles. The number of anilines is 1. The van der Waals surface area contributed by atoms with Crippen molar-refractivity contribution in [3.05, 3.63) is 64.7 Å². The van der Waals surface area contributed by atoms with E-state index in [1.807, 2.05) is 26.8 Å². The van der Waals surface area contributed by atoms with E-state index < -0.39 is 0 Å². The second-order valence-corrected chi connectivity index (χ2v) is 6.40. The largest absolute Gasteiger partial charge is 0.438 e. The first-order valence-electron chi connectivity index (χ1n) is 8.83. The summed E-state index contributed by atoms with van der Waals surface area (Å²) in [5.41, 5.74) is 3.70. The molecule has 0 saturated heterocycles. The van der Waals surface area contributed by atoms with Gasteiger partial charge in [-0.15, -0.1) is 0 Å². The summed E-state index contributed by atoms with van der Waals surface area (Å²) < 4.78 is 10.8. The third kappa shape index (κ3) is 4.35. The van der Waals surface area contributed by atoms with Gasteiger partial charge in [-0.2, -0.15) is 5.26 Å². The Labute approximate surface area is 163 Å². The van der Waals surface area contributed by atoms with E-state index in [1.54, 1.807) is 36.5 Å². The minimum absolute atomic E-state index is 0.0896. The van der Waals surface area contributed by atoms with Gasteiger partial charge in [0.25, 0.3) is 0 Å². The van der Waals surface area contributed by atoms with E-state index in [-0.39, 0.29) is 11.8 Å². The van der Waals surface area contributed by atoms with Crippen LogP contribution in [0.2, 0.25) is 0 Å². The van der Waals surface area contributed by atoms with Crippen LogP contribution in [-0.4, -0.2) is 16.0 Å². The molecule has 0 fully saturated rings. The number of carbonyl (C=O) groups is 1. The molecule has 0 spiro atoms. The third-order valence-corrected chi connectivity index (χ3v) is 4.36. The van der Waals surface area contributed by atoms with Gasteiger partial charge >= 0.3 is 0 Å². The maximum absolute atomic E-state index is 12.3. The SMILES string of the molecule is Cc1cc(Oc2ncccc2C#N)ccc1NC(=O)CCc1c(C)noc1C. The summed E-state index contributed by atoms with van der Waals surface area (Å²) >= 11 is 0. The molecule has 28 heavy (non-hydrogen) atoms. The Kier molecular flexibility index (Phi) is 5.70. The van der Waals surface area contributed by atoms with E-state index >= 15 is 0 Å². The maximum atomic E-state index is 12.3. The lowest BCUT2D eigenvalue weighted by Gasteiger charge is -2.11. The van der Waals surface area contributed by atoms with Gasteiger partial charge in [-0.3, -0.25) is 4.79 Å². The number of aryl methyl sites for hydroxylation is 3. The van der Waals surface area contributed by atoms with Crippen LogP contribution in [0.15, 0.2) is 41.1 Å². The molecular formula is C21H20N4O3. The van der Waals surface area contributed by atoms with E-state index in [0.29, 0.717) is 29.8 Å². The number of carbonyl (C=O) groups excluding carboxylic acids is 1. The number of rotatable bonds is 6. The Morgan fingerprint density at radius 1 is 1.29 bits per heavy atom. The molecule has 1 amide bonds. The standard InChI is InChI=1S/C21H20N4O3/c1-13-11-17(27-21-16(12-22)5-4-10-23-21)6-8-19(13)24-20(26)9-7-18-14(2)25-28-15(18)3/h4-6,8,10-11H,7,9H2,1-3H3,(H,24,26). The summed E-state index contributed by atoms with van der Waals surface area (Å²) in [6, 6.07) is 10.7. The number of nitrogens with zero attached hydrogens (tertiary/aromatic N) is 3. The average molecular weight is 376 g/mol. The van der Waals surface area contributed by atoms with E-state index in [4.69, 9.17) is 14.5 Å². The molecule has 142 valence electrons. The number of aromatic nitrogens is 2. The fourth-order valence-corrected chi connectivity index (χ4v) is 2.82. The molecule has 1 aromatic carbocycles. The first-order valence-corrected chi connectivity index (χ1v) is 8.83. The molecule has 0 saturated carbocycles. The van der Waals surface area contributed by atoms with Gasteiger partial charge in [-0.25, -0.2) is 4.98 Å². The zero-order valence-electron chi connectivity index (χ0n) is 15.9. The Morgan fingerprint density at radius 2 is 2.11 bits per heavy atom. The highest BCUT2D eigenvalue weighted by Gasteiger charge is 2.13. The Morgan fingerprint density at radius 3 is 2.79 bits per heavy atom. The first kappa shape index (κ1) is 19.1. The number of hydrogen-bond donors (Lipinski definition) is 1. The zero-order chi connectivity index (χ0) is 20.1. The number of nitriles is 1. The first-order chi connectivity index (χ1) is 13.5. The molecule has 0 radical (unpaired) electrons. The number of amides is 1. The van der Waals surface area contributed by atoms with Crippen LogP contribution in [0.1, 0.15) is 34.6 Å². The smallest absolute Gasteiger partial charge is 0.237 e. The highest BCUT2D eigenvalue weighted by Crippen LogP contribution is 2.27. The van der Waals surface area contributed by atoms with E-state index in [2.05, 4.69) is 15.5 Å². The molecule has 0 aliphatic rings. The van der Waals surface area contributed by atoms with Gasteiger partial charge < -0.3 is 14.6 Å². The van der Waals surface area contributed by atoms with Crippen LogP contribution in [-0.2, 0) is 11.2 Å². The molecule has 0 aliphatic carbocycles. The van der Waals surface area contributed by atoms with Gasteiger partial charge in [0, 0.05) is 23.9 Å². The van der Waals surface area contributed by atoms with Gasteiger partial charge in [0.05, 0.1) is 5.69 Å². The highest BCUT2D eigenvalue weighted by atomic mass is 16.5. The van der Waals surface area contributed by atoms with Crippen LogP contribution >= 0.6 is 0 Å². The summed E-state index contributed by atoms with van der Waals surface area (Å²) in [5.74, 6) is 1.45. The molecule has 7 nitrogen and oxygen atoms in total. The number of pyridine rings is 1. The molecule has 0 unspecified atom stereocenters. The topological polar surface area (TPSA) is 101 Å². The predicted molar refractivity (Wildman–Crippen MR) is 103 cm³/mol. The van der Waals surface area contributed by atoms with Crippen molar-refractivity contribution in [2.45, 2.75) is 33.6 Å². The zero-order valence-corrected chi connectivity index (χ0v) is 15.9. The van der Waals surface area contributed by atoms with E-state index in [0.717, 1.165) is 22.6 Å². The van der Waals surface area contributed by atoms with Crippen LogP contribution in [0, 0.1) is 32.1 Å². The molecule has 0 atom stereocenters. The fraction of sp³-hybridized carbons (Fsp3) is 0.238. The second-order valence-electron chi connectivity index (χ2n) is 6.40. The molecular weight excluding hydrogens is 356 g/mol. The molecule has 0 bridgehead atoms. The van der Waals surface area contributed by atoms with Gasteiger partial charge in [-0.05, 0) is 63.1 Å². The second kappa shape index (κ2) is 8.35. The molecule has 3 rings (SSSR count). The third-order valence-electron chi connectivity index (χ3n) is 4.36. The Bertz CT molecular complexity index is 1030. The summed E-state index contributed by atoms with van der Waals surface area (Å²) in [6.45, 7) is 5.59. The summed E-state index contributed by atoms with van der Waals surface area (Å²) in [7, 11) is 0. The minimum atomic E-state index is -0.0896. The number of benzene rings is 1. The van der Waals surface area contributed by atoms with Crippen molar-refractivity contribution in [3.63, 3.8) is 0 Å². The summed E-state index contributed by atoms with van der Waals surface area (Å²) in [4.78, 5) is 16.4. The number of hydrogen-bond acceptors (Lipinski definition) is 6. The average Bonchev–Trinajstić information content (AvgIpc) is 3.00. The lowest BCUT2D eigenvalue weighted by molar-refractivity contribution is -0.116. The number of ether oxygens (including phenoxy) is 1. The van der Waals surface area contributed by atoms with E-state index in [1.165, 1.54) is 0 Å². The Balaban J connectivity index is 1.64. The van der Waals surface area contributed by atoms with Crippen molar-refractivity contribution in [1.82, 2.24) is 10.1 Å². The monoisotopic (exact) mass is 376 g/mol. The van der Waals surface area contributed by atoms with Crippen molar-refractivity contribution in [2.75, 3.05) is 5.32 Å². The normalized spacial score (nSPS) is 10.4. The lowest BCUT2D eigenvalue weighted by Crippen LogP contribution is -2.13. The van der Waals surface area contributed by atoms with Gasteiger partial charge in [0.15, 0.2) is 0 Å². The van der Waals surface area contributed by atoms with Crippen molar-refractivity contribution >= 4 is 11.6 Å². The van der Waals surface area contributed by atoms with Crippen LogP contribution in [0.3, 0.4) is 0 Å². The van der Waals surface area contributed by atoms with Crippen LogP contribution in [0.25, 0.3) is 0 Å². The molecule has 1 N–H and O–H groups in total. The van der Waals surface area contributed by atoms with Gasteiger partial charge in [0.1, 0.15) is 23.1 Å². The van der Waals surface area contributed by atoms with Crippen LogP contribution in [0.4, 0.5) is 5.69 Å². The van der Waals surface area contributed by atoms with Crippen molar-refractivity contribution in [1.29, 1.82) is 5.26 Å². The van der Waals surface area contributed by atoms with E-state index in [9.17, 15) is 4.79 Å². The van der Waals surface area contributed by atoms with Crippen LogP contribution < -0.4 is 10.1 Å². The minimum Gasteiger partial charge on any atom is -0.438 e. The summed E-state index contributed by atoms with van der Waals surface area (Å²) in [5, 5.41) is 15.9. The predicted octanol–water partition coefficient (Wildman–Crippen LogP) is 4.23. The van der Waals surface area contributed by atoms with Crippen LogP contribution in [0.5, 0.6) is 11.6 Å². The number of nitrogens with one attached hydrogen (secondary N) is 1. The van der Waals surface area contributed by atoms with Crippen molar-refractivity contribution < 1.29 is 14.1 Å². The molecule has 3 aromatic rings. The summed E-state index contributed by atoms with van der Waals surface area (Å²) in [6.07, 6.45) is 2.47. The molecule has 2 heterocycles. The molecule has 7 heteroatoms. The lowest BCUT2D eigenvalue weighted by atomic mass is 10.1. The fourth-order valence-electron chi connectivity index (χ4n) is 2.82.